The Balaban J connectivity index is 2.00. The maximum absolute atomic E-state index is 6.05. The Morgan fingerprint density at radius 2 is 2.16 bits per heavy atom. The van der Waals surface area contributed by atoms with Crippen LogP contribution in [0, 0.1) is 5.41 Å². The first-order valence-corrected chi connectivity index (χ1v) is 6.84. The lowest BCUT2D eigenvalue weighted by molar-refractivity contribution is 0.388. The number of nitrogens with two attached hydrogens (primary N) is 1. The van der Waals surface area contributed by atoms with Gasteiger partial charge in [-0.25, -0.2) is 4.98 Å². The van der Waals surface area contributed by atoms with E-state index in [1.165, 1.54) is 25.7 Å². The summed E-state index contributed by atoms with van der Waals surface area (Å²) in [6, 6.07) is 3.73. The molecule has 0 unspecified atom stereocenters. The van der Waals surface area contributed by atoms with E-state index in [1.54, 1.807) is 7.11 Å². The van der Waals surface area contributed by atoms with Crippen molar-refractivity contribution in [1.29, 1.82) is 0 Å². The average Bonchev–Trinajstić information content (AvgIpc) is 3.10. The fourth-order valence-electron chi connectivity index (χ4n) is 2.80. The Hall–Kier alpha value is -1.78. The van der Waals surface area contributed by atoms with Crippen molar-refractivity contribution in [1.82, 2.24) is 14.5 Å². The molecule has 2 N–H and O–H groups in total. The smallest absolute Gasteiger partial charge is 0.215 e. The predicted octanol–water partition coefficient (Wildman–Crippen LogP) is 2.60. The summed E-state index contributed by atoms with van der Waals surface area (Å²) in [4.78, 5) is 8.87. The Morgan fingerprint density at radius 3 is 2.79 bits per heavy atom. The molecule has 3 rings (SSSR count). The maximum atomic E-state index is 6.05. The van der Waals surface area contributed by atoms with Crippen LogP contribution in [0.25, 0.3) is 11.2 Å². The van der Waals surface area contributed by atoms with E-state index in [4.69, 9.17) is 10.5 Å². The Labute approximate surface area is 112 Å². The Bertz CT molecular complexity index is 601. The quantitative estimate of drug-likeness (QED) is 0.897. The fourth-order valence-corrected chi connectivity index (χ4v) is 2.80. The third-order valence-corrected chi connectivity index (χ3v) is 4.04. The molecule has 2 aromatic heterocycles. The number of hydrogen-bond donors (Lipinski definition) is 1. The van der Waals surface area contributed by atoms with Crippen molar-refractivity contribution in [3.05, 3.63) is 12.1 Å². The summed E-state index contributed by atoms with van der Waals surface area (Å²) < 4.78 is 7.23. The molecule has 2 heterocycles. The number of methoxy groups -OCH3 is 1. The van der Waals surface area contributed by atoms with Crippen LogP contribution in [0.3, 0.4) is 0 Å². The zero-order valence-corrected chi connectivity index (χ0v) is 11.5. The Kier molecular flexibility index (Phi) is 2.84. The second kappa shape index (κ2) is 4.40. The number of fused-ring (bicyclic) bond motifs is 1. The van der Waals surface area contributed by atoms with E-state index >= 15 is 0 Å². The van der Waals surface area contributed by atoms with Gasteiger partial charge in [-0.05, 0) is 30.7 Å². The molecule has 0 aromatic carbocycles. The van der Waals surface area contributed by atoms with Crippen LogP contribution in [0.15, 0.2) is 12.1 Å². The minimum absolute atomic E-state index is 0.418. The first kappa shape index (κ1) is 12.3. The number of rotatable bonds is 5. The van der Waals surface area contributed by atoms with E-state index in [0.717, 1.165) is 17.7 Å². The summed E-state index contributed by atoms with van der Waals surface area (Å²) in [5.74, 6) is 1.16. The first-order chi connectivity index (χ1) is 9.17. The van der Waals surface area contributed by atoms with E-state index in [2.05, 4.69) is 16.9 Å². The third kappa shape index (κ3) is 2.13. The van der Waals surface area contributed by atoms with E-state index in [9.17, 15) is 0 Å². The van der Waals surface area contributed by atoms with Gasteiger partial charge in [0.05, 0.1) is 7.11 Å². The third-order valence-electron chi connectivity index (χ3n) is 4.04. The highest BCUT2D eigenvalue weighted by Gasteiger charge is 2.42. The van der Waals surface area contributed by atoms with Gasteiger partial charge in [0.1, 0.15) is 5.52 Å². The minimum atomic E-state index is 0.418. The normalized spacial score (nSPS) is 16.7. The molecule has 0 aliphatic heterocycles. The zero-order chi connectivity index (χ0) is 13.5. The van der Waals surface area contributed by atoms with Gasteiger partial charge >= 0.3 is 0 Å². The van der Waals surface area contributed by atoms with Crippen LogP contribution in [0.5, 0.6) is 5.88 Å². The molecule has 1 saturated carbocycles. The molecule has 5 heteroatoms. The molecule has 0 spiro atoms. The van der Waals surface area contributed by atoms with E-state index in [0.29, 0.717) is 17.2 Å². The van der Waals surface area contributed by atoms with E-state index in [1.807, 2.05) is 16.7 Å². The van der Waals surface area contributed by atoms with Crippen LogP contribution < -0.4 is 10.5 Å². The molecule has 0 amide bonds. The number of pyridine rings is 1. The molecule has 1 aliphatic carbocycles. The second-order valence-electron chi connectivity index (χ2n) is 5.50. The highest BCUT2D eigenvalue weighted by Crippen LogP contribution is 2.51. The summed E-state index contributed by atoms with van der Waals surface area (Å²) in [7, 11) is 1.62. The van der Waals surface area contributed by atoms with E-state index in [-0.39, 0.29) is 0 Å². The van der Waals surface area contributed by atoms with Crippen LogP contribution in [0.4, 0.5) is 5.95 Å². The number of ether oxygens (including phenoxy) is 1. The molecular formula is C14H20N4O. The minimum Gasteiger partial charge on any atom is -0.481 e. The van der Waals surface area contributed by atoms with Crippen LogP contribution in [0.1, 0.15) is 32.6 Å². The largest absolute Gasteiger partial charge is 0.481 e. The van der Waals surface area contributed by atoms with Crippen LogP contribution in [-0.2, 0) is 6.54 Å². The van der Waals surface area contributed by atoms with Crippen LogP contribution in [0.2, 0.25) is 0 Å². The van der Waals surface area contributed by atoms with E-state index < -0.39 is 0 Å². The van der Waals surface area contributed by atoms with Gasteiger partial charge in [-0.3, -0.25) is 4.57 Å². The van der Waals surface area contributed by atoms with Crippen molar-refractivity contribution in [3.63, 3.8) is 0 Å². The monoisotopic (exact) mass is 260 g/mol. The number of nitrogen functional groups attached to an aromatic ring is 1. The highest BCUT2D eigenvalue weighted by molar-refractivity contribution is 5.74. The van der Waals surface area contributed by atoms with Crippen molar-refractivity contribution in [3.8, 4) is 5.88 Å². The standard InChI is InChI=1S/C14H20N4O/c1-3-6-14(7-8-14)9-18-12-10(16-13(18)15)4-5-11(17-12)19-2/h4-5H,3,6-9H2,1-2H3,(H2,15,16). The van der Waals surface area contributed by atoms with Gasteiger partial charge < -0.3 is 10.5 Å². The van der Waals surface area contributed by atoms with Gasteiger partial charge in [-0.1, -0.05) is 13.3 Å². The summed E-state index contributed by atoms with van der Waals surface area (Å²) in [6.45, 7) is 3.15. The lowest BCUT2D eigenvalue weighted by Crippen LogP contribution is -2.14. The number of hydrogen-bond acceptors (Lipinski definition) is 4. The maximum Gasteiger partial charge on any atom is 0.215 e. The highest BCUT2D eigenvalue weighted by atomic mass is 16.5. The lowest BCUT2D eigenvalue weighted by atomic mass is 10.0. The molecule has 0 atom stereocenters. The second-order valence-corrected chi connectivity index (χ2v) is 5.50. The number of aromatic nitrogens is 3. The molecular weight excluding hydrogens is 240 g/mol. The molecule has 1 fully saturated rings. The van der Waals surface area contributed by atoms with Crippen molar-refractivity contribution in [2.24, 2.45) is 5.41 Å². The van der Waals surface area contributed by atoms with Crippen LogP contribution in [-0.4, -0.2) is 21.6 Å². The predicted molar refractivity (Wildman–Crippen MR) is 75.1 cm³/mol. The van der Waals surface area contributed by atoms with Crippen molar-refractivity contribution < 1.29 is 4.74 Å². The van der Waals surface area contributed by atoms with Crippen molar-refractivity contribution in [2.75, 3.05) is 12.8 Å². The van der Waals surface area contributed by atoms with Gasteiger partial charge in [0, 0.05) is 12.6 Å². The summed E-state index contributed by atoms with van der Waals surface area (Å²) in [5, 5.41) is 0. The number of nitrogens with zero attached hydrogens (tertiary/aromatic N) is 3. The molecule has 1 aliphatic rings. The average molecular weight is 260 g/mol. The summed E-state index contributed by atoms with van der Waals surface area (Å²) in [6.07, 6.45) is 5.02. The van der Waals surface area contributed by atoms with Crippen molar-refractivity contribution in [2.45, 2.75) is 39.2 Å². The topological polar surface area (TPSA) is 66.0 Å². The van der Waals surface area contributed by atoms with Gasteiger partial charge in [0.15, 0.2) is 5.65 Å². The Morgan fingerprint density at radius 1 is 1.37 bits per heavy atom. The van der Waals surface area contributed by atoms with Gasteiger partial charge in [-0.15, -0.1) is 0 Å². The van der Waals surface area contributed by atoms with Gasteiger partial charge in [0.25, 0.3) is 0 Å². The SMILES string of the molecule is CCCC1(Cn2c(N)nc3ccc(OC)nc32)CC1. The molecule has 0 radical (unpaired) electrons. The first-order valence-electron chi connectivity index (χ1n) is 6.84. The molecule has 19 heavy (non-hydrogen) atoms. The summed E-state index contributed by atoms with van der Waals surface area (Å²) >= 11 is 0. The molecule has 102 valence electrons. The fraction of sp³-hybridized carbons (Fsp3) is 0.571. The lowest BCUT2D eigenvalue weighted by Gasteiger charge is -2.16. The van der Waals surface area contributed by atoms with Gasteiger partial charge in [-0.2, -0.15) is 4.98 Å². The molecule has 0 saturated heterocycles. The molecule has 5 nitrogen and oxygen atoms in total. The summed E-state index contributed by atoms with van der Waals surface area (Å²) in [5.41, 5.74) is 8.14. The van der Waals surface area contributed by atoms with Crippen molar-refractivity contribution >= 4 is 17.1 Å². The number of anilines is 1. The van der Waals surface area contributed by atoms with Gasteiger partial charge in [0.2, 0.25) is 11.8 Å². The van der Waals surface area contributed by atoms with Crippen LogP contribution >= 0.6 is 0 Å². The number of imidazole rings is 1. The molecule has 2 aromatic rings. The zero-order valence-electron chi connectivity index (χ0n) is 11.5. The molecule has 0 bridgehead atoms.